The number of rotatable bonds is 4. The summed E-state index contributed by atoms with van der Waals surface area (Å²) in [4.78, 5) is 5.81. The second-order valence-electron chi connectivity index (χ2n) is 3.80. The number of aryl methyl sites for hydroxylation is 1. The van der Waals surface area contributed by atoms with Crippen LogP contribution in [0.15, 0.2) is 24.3 Å². The van der Waals surface area contributed by atoms with E-state index in [4.69, 9.17) is 4.74 Å². The molecule has 1 aromatic carbocycles. The Morgan fingerprint density at radius 2 is 2.24 bits per heavy atom. The fraction of sp³-hybridized carbons (Fsp3) is 0.308. The Balaban J connectivity index is 2.21. The molecule has 0 aliphatic rings. The molecule has 3 nitrogen and oxygen atoms in total. The maximum atomic E-state index is 5.22. The van der Waals surface area contributed by atoms with Crippen LogP contribution in [0.25, 0.3) is 0 Å². The molecular formula is C13H16N2OS. The molecule has 0 aliphatic carbocycles. The van der Waals surface area contributed by atoms with Gasteiger partial charge in [0.25, 0.3) is 0 Å². The average Bonchev–Trinajstić information content (AvgIpc) is 2.70. The number of aromatic nitrogens is 1. The van der Waals surface area contributed by atoms with Gasteiger partial charge in [-0.05, 0) is 24.6 Å². The first-order valence-corrected chi connectivity index (χ1v) is 6.31. The van der Waals surface area contributed by atoms with Gasteiger partial charge >= 0.3 is 0 Å². The number of hydrogen-bond acceptors (Lipinski definition) is 4. The maximum Gasteiger partial charge on any atom is 0.182 e. The number of ether oxygens (including phenoxy) is 1. The lowest BCUT2D eigenvalue weighted by Crippen LogP contribution is -1.93. The Morgan fingerprint density at radius 3 is 2.88 bits per heavy atom. The van der Waals surface area contributed by atoms with Crippen molar-refractivity contribution in [1.29, 1.82) is 0 Å². The van der Waals surface area contributed by atoms with E-state index >= 15 is 0 Å². The van der Waals surface area contributed by atoms with Crippen molar-refractivity contribution in [1.82, 2.24) is 4.98 Å². The van der Waals surface area contributed by atoms with Crippen molar-refractivity contribution >= 4 is 16.5 Å². The van der Waals surface area contributed by atoms with Crippen LogP contribution in [0.2, 0.25) is 0 Å². The molecule has 0 atom stereocenters. The zero-order valence-corrected chi connectivity index (χ0v) is 11.1. The first-order valence-electron chi connectivity index (χ1n) is 5.50. The maximum absolute atomic E-state index is 5.22. The topological polar surface area (TPSA) is 34.2 Å². The number of nitrogens with one attached hydrogen (secondary N) is 1. The molecular weight excluding hydrogens is 232 g/mol. The molecule has 90 valence electrons. The standard InChI is InChI=1S/C13H16N2OS/c1-9-12(15-13(14-2)17-9)8-10-5-4-6-11(7-10)16-3/h4-7H,8H2,1-3H3,(H,14,15). The fourth-order valence-corrected chi connectivity index (χ4v) is 2.46. The minimum absolute atomic E-state index is 0.848. The largest absolute Gasteiger partial charge is 0.497 e. The van der Waals surface area contributed by atoms with Crippen LogP contribution in [0.5, 0.6) is 5.75 Å². The number of nitrogens with zero attached hydrogens (tertiary/aromatic N) is 1. The lowest BCUT2D eigenvalue weighted by Gasteiger charge is -2.03. The summed E-state index contributed by atoms with van der Waals surface area (Å²) in [6, 6.07) is 8.11. The van der Waals surface area contributed by atoms with Crippen molar-refractivity contribution in [3.8, 4) is 5.75 Å². The normalized spacial score (nSPS) is 10.3. The van der Waals surface area contributed by atoms with Gasteiger partial charge in [-0.2, -0.15) is 0 Å². The molecule has 2 rings (SSSR count). The van der Waals surface area contributed by atoms with Gasteiger partial charge in [-0.1, -0.05) is 12.1 Å². The summed E-state index contributed by atoms with van der Waals surface area (Å²) in [5.41, 5.74) is 2.35. The SMILES string of the molecule is CNc1nc(Cc2cccc(OC)c2)c(C)s1. The number of methoxy groups -OCH3 is 1. The molecule has 0 unspecified atom stereocenters. The van der Waals surface area contributed by atoms with E-state index in [0.717, 1.165) is 23.0 Å². The van der Waals surface area contributed by atoms with Crippen LogP contribution in [0, 0.1) is 6.92 Å². The van der Waals surface area contributed by atoms with Gasteiger partial charge in [0.05, 0.1) is 12.8 Å². The number of thiazole rings is 1. The lowest BCUT2D eigenvalue weighted by atomic mass is 10.1. The number of hydrogen-bond donors (Lipinski definition) is 1. The summed E-state index contributed by atoms with van der Waals surface area (Å²) in [7, 11) is 3.58. The van der Waals surface area contributed by atoms with Gasteiger partial charge in [0.1, 0.15) is 5.75 Å². The molecule has 0 spiro atoms. The van der Waals surface area contributed by atoms with Crippen LogP contribution in [0.4, 0.5) is 5.13 Å². The molecule has 1 N–H and O–H groups in total. The van der Waals surface area contributed by atoms with Gasteiger partial charge < -0.3 is 10.1 Å². The first-order chi connectivity index (χ1) is 8.22. The minimum Gasteiger partial charge on any atom is -0.497 e. The molecule has 1 heterocycles. The van der Waals surface area contributed by atoms with E-state index in [1.54, 1.807) is 18.4 Å². The molecule has 0 aliphatic heterocycles. The van der Waals surface area contributed by atoms with E-state index < -0.39 is 0 Å². The Hall–Kier alpha value is -1.55. The van der Waals surface area contributed by atoms with Gasteiger partial charge in [-0.25, -0.2) is 4.98 Å². The third-order valence-corrected chi connectivity index (χ3v) is 3.64. The van der Waals surface area contributed by atoms with E-state index in [-0.39, 0.29) is 0 Å². The van der Waals surface area contributed by atoms with E-state index in [9.17, 15) is 0 Å². The van der Waals surface area contributed by atoms with E-state index in [2.05, 4.69) is 29.4 Å². The van der Waals surface area contributed by atoms with Gasteiger partial charge in [0, 0.05) is 18.3 Å². The molecule has 1 aromatic heterocycles. The first kappa shape index (κ1) is 11.9. The monoisotopic (exact) mass is 248 g/mol. The molecule has 0 radical (unpaired) electrons. The summed E-state index contributed by atoms with van der Waals surface area (Å²) in [5.74, 6) is 0.893. The molecule has 0 saturated carbocycles. The predicted molar refractivity (Wildman–Crippen MR) is 72.2 cm³/mol. The highest BCUT2D eigenvalue weighted by molar-refractivity contribution is 7.15. The fourth-order valence-electron chi connectivity index (χ4n) is 1.67. The van der Waals surface area contributed by atoms with Gasteiger partial charge in [-0.3, -0.25) is 0 Å². The van der Waals surface area contributed by atoms with Crippen molar-refractivity contribution < 1.29 is 4.74 Å². The average molecular weight is 248 g/mol. The Kier molecular flexibility index (Phi) is 3.64. The molecule has 0 saturated heterocycles. The smallest absolute Gasteiger partial charge is 0.182 e. The second kappa shape index (κ2) is 5.19. The molecule has 17 heavy (non-hydrogen) atoms. The quantitative estimate of drug-likeness (QED) is 0.902. The van der Waals surface area contributed by atoms with Crippen molar-refractivity contribution in [2.45, 2.75) is 13.3 Å². The summed E-state index contributed by atoms with van der Waals surface area (Å²) in [6.45, 7) is 2.11. The highest BCUT2D eigenvalue weighted by atomic mass is 32.1. The Morgan fingerprint density at radius 1 is 1.41 bits per heavy atom. The van der Waals surface area contributed by atoms with Crippen LogP contribution < -0.4 is 10.1 Å². The van der Waals surface area contributed by atoms with Crippen LogP contribution in [0.1, 0.15) is 16.1 Å². The summed E-state index contributed by atoms with van der Waals surface area (Å²) in [5, 5.41) is 4.05. The van der Waals surface area contributed by atoms with Crippen molar-refractivity contribution in [3.63, 3.8) is 0 Å². The van der Waals surface area contributed by atoms with E-state index in [0.29, 0.717) is 0 Å². The number of benzene rings is 1. The Bertz CT molecular complexity index is 508. The predicted octanol–water partition coefficient (Wildman–Crippen LogP) is 3.09. The summed E-state index contributed by atoms with van der Waals surface area (Å²) in [6.07, 6.45) is 0.848. The molecule has 0 amide bonds. The molecule has 2 aromatic rings. The zero-order chi connectivity index (χ0) is 12.3. The van der Waals surface area contributed by atoms with E-state index in [1.807, 2.05) is 19.2 Å². The zero-order valence-electron chi connectivity index (χ0n) is 10.3. The summed E-state index contributed by atoms with van der Waals surface area (Å²) < 4.78 is 5.22. The minimum atomic E-state index is 0.848. The summed E-state index contributed by atoms with van der Waals surface area (Å²) >= 11 is 1.69. The highest BCUT2D eigenvalue weighted by Crippen LogP contribution is 2.24. The van der Waals surface area contributed by atoms with Crippen LogP contribution in [-0.2, 0) is 6.42 Å². The van der Waals surface area contributed by atoms with Crippen molar-refractivity contribution in [2.75, 3.05) is 19.5 Å². The third-order valence-electron chi connectivity index (χ3n) is 2.61. The third kappa shape index (κ3) is 2.77. The van der Waals surface area contributed by atoms with Gasteiger partial charge in [0.15, 0.2) is 5.13 Å². The molecule has 0 fully saturated rings. The lowest BCUT2D eigenvalue weighted by molar-refractivity contribution is 0.414. The van der Waals surface area contributed by atoms with Crippen molar-refractivity contribution in [2.24, 2.45) is 0 Å². The van der Waals surface area contributed by atoms with Crippen LogP contribution in [0.3, 0.4) is 0 Å². The molecule has 4 heteroatoms. The van der Waals surface area contributed by atoms with Crippen LogP contribution >= 0.6 is 11.3 Å². The van der Waals surface area contributed by atoms with Crippen LogP contribution in [-0.4, -0.2) is 19.1 Å². The number of anilines is 1. The second-order valence-corrected chi connectivity index (χ2v) is 5.00. The Labute approximate surface area is 105 Å². The van der Waals surface area contributed by atoms with E-state index in [1.165, 1.54) is 10.4 Å². The highest BCUT2D eigenvalue weighted by Gasteiger charge is 2.07. The molecule has 0 bridgehead atoms. The van der Waals surface area contributed by atoms with Gasteiger partial charge in [-0.15, -0.1) is 11.3 Å². The van der Waals surface area contributed by atoms with Gasteiger partial charge in [0.2, 0.25) is 0 Å². The van der Waals surface area contributed by atoms with Crippen molar-refractivity contribution in [3.05, 3.63) is 40.4 Å².